The number of Topliss-reactive ketones (excluding diaryl/α,β-unsaturated/α-hetero) is 1. The monoisotopic (exact) mass is 205 g/mol. The van der Waals surface area contributed by atoms with Crippen LogP contribution in [0.15, 0.2) is 30.3 Å². The standard InChI is InChI=1S/C13H19NO/c1-4-13(15)11(2)14(3)10-12-8-6-5-7-9-12/h5-9,11H,4,10H2,1-3H3/t11-/m0/s1. The topological polar surface area (TPSA) is 20.3 Å². The fourth-order valence-electron chi connectivity index (χ4n) is 1.55. The van der Waals surface area contributed by atoms with E-state index in [1.165, 1.54) is 5.56 Å². The summed E-state index contributed by atoms with van der Waals surface area (Å²) in [7, 11) is 1.99. The van der Waals surface area contributed by atoms with Crippen LogP contribution < -0.4 is 0 Å². The van der Waals surface area contributed by atoms with Gasteiger partial charge in [-0.25, -0.2) is 0 Å². The molecule has 0 aliphatic heterocycles. The predicted octanol–water partition coefficient (Wildman–Crippen LogP) is 2.49. The average molecular weight is 205 g/mol. The van der Waals surface area contributed by atoms with Crippen LogP contribution in [-0.2, 0) is 11.3 Å². The number of benzene rings is 1. The molecule has 1 atom stereocenters. The summed E-state index contributed by atoms with van der Waals surface area (Å²) in [4.78, 5) is 13.6. The number of nitrogens with zero attached hydrogens (tertiary/aromatic N) is 1. The molecule has 1 aromatic carbocycles. The summed E-state index contributed by atoms with van der Waals surface area (Å²) in [6.45, 7) is 4.71. The van der Waals surface area contributed by atoms with Gasteiger partial charge in [-0.3, -0.25) is 9.69 Å². The number of carbonyl (C=O) groups is 1. The van der Waals surface area contributed by atoms with Crippen molar-refractivity contribution in [3.05, 3.63) is 35.9 Å². The van der Waals surface area contributed by atoms with Crippen molar-refractivity contribution in [2.24, 2.45) is 0 Å². The zero-order valence-corrected chi connectivity index (χ0v) is 9.73. The Bertz CT molecular complexity index is 308. The Kier molecular flexibility index (Phi) is 4.50. The molecule has 82 valence electrons. The van der Waals surface area contributed by atoms with Crippen molar-refractivity contribution in [1.29, 1.82) is 0 Å². The molecule has 0 aliphatic carbocycles. The first-order valence-corrected chi connectivity index (χ1v) is 5.42. The lowest BCUT2D eigenvalue weighted by Crippen LogP contribution is -2.35. The lowest BCUT2D eigenvalue weighted by atomic mass is 10.1. The van der Waals surface area contributed by atoms with Gasteiger partial charge < -0.3 is 0 Å². The molecular weight excluding hydrogens is 186 g/mol. The summed E-state index contributed by atoms with van der Waals surface area (Å²) in [6, 6.07) is 10.2. The van der Waals surface area contributed by atoms with Crippen LogP contribution >= 0.6 is 0 Å². The molecule has 0 heterocycles. The second-order valence-corrected chi connectivity index (χ2v) is 3.90. The Morgan fingerprint density at radius 3 is 2.47 bits per heavy atom. The van der Waals surface area contributed by atoms with E-state index >= 15 is 0 Å². The van der Waals surface area contributed by atoms with Gasteiger partial charge in [0.15, 0.2) is 0 Å². The Hall–Kier alpha value is -1.15. The molecule has 0 fully saturated rings. The smallest absolute Gasteiger partial charge is 0.149 e. The molecule has 0 spiro atoms. The number of carbonyl (C=O) groups excluding carboxylic acids is 1. The van der Waals surface area contributed by atoms with E-state index in [1.54, 1.807) is 0 Å². The summed E-state index contributed by atoms with van der Waals surface area (Å²) in [5.74, 6) is 0.299. The Labute approximate surface area is 91.9 Å². The SMILES string of the molecule is CCC(=O)[C@H](C)N(C)Cc1ccccc1. The van der Waals surface area contributed by atoms with E-state index in [0.29, 0.717) is 12.2 Å². The van der Waals surface area contributed by atoms with Crippen LogP contribution in [0.5, 0.6) is 0 Å². The molecule has 0 radical (unpaired) electrons. The highest BCUT2D eigenvalue weighted by molar-refractivity contribution is 5.83. The van der Waals surface area contributed by atoms with Gasteiger partial charge in [0, 0.05) is 13.0 Å². The summed E-state index contributed by atoms with van der Waals surface area (Å²) in [6.07, 6.45) is 0.611. The zero-order chi connectivity index (χ0) is 11.3. The molecule has 0 aliphatic rings. The highest BCUT2D eigenvalue weighted by atomic mass is 16.1. The lowest BCUT2D eigenvalue weighted by molar-refractivity contribution is -0.123. The molecule has 0 saturated heterocycles. The van der Waals surface area contributed by atoms with E-state index in [4.69, 9.17) is 0 Å². The molecule has 0 aromatic heterocycles. The number of hydrogen-bond acceptors (Lipinski definition) is 2. The summed E-state index contributed by atoms with van der Waals surface area (Å²) < 4.78 is 0. The number of hydrogen-bond donors (Lipinski definition) is 0. The Morgan fingerprint density at radius 1 is 1.33 bits per heavy atom. The quantitative estimate of drug-likeness (QED) is 0.736. The van der Waals surface area contributed by atoms with E-state index in [1.807, 2.05) is 39.1 Å². The summed E-state index contributed by atoms with van der Waals surface area (Å²) in [5.41, 5.74) is 1.25. The van der Waals surface area contributed by atoms with Crippen molar-refractivity contribution in [1.82, 2.24) is 4.90 Å². The molecule has 1 rings (SSSR count). The molecular formula is C13H19NO. The van der Waals surface area contributed by atoms with Crippen LogP contribution in [0.1, 0.15) is 25.8 Å². The minimum atomic E-state index is 0.00945. The van der Waals surface area contributed by atoms with E-state index in [-0.39, 0.29) is 6.04 Å². The van der Waals surface area contributed by atoms with Crippen molar-refractivity contribution in [2.75, 3.05) is 7.05 Å². The van der Waals surface area contributed by atoms with Crippen molar-refractivity contribution in [2.45, 2.75) is 32.9 Å². The van der Waals surface area contributed by atoms with Gasteiger partial charge in [0.2, 0.25) is 0 Å². The van der Waals surface area contributed by atoms with Gasteiger partial charge in [0.25, 0.3) is 0 Å². The van der Waals surface area contributed by atoms with E-state index in [9.17, 15) is 4.79 Å². The highest BCUT2D eigenvalue weighted by Gasteiger charge is 2.15. The molecule has 0 bridgehead atoms. The second-order valence-electron chi connectivity index (χ2n) is 3.90. The molecule has 0 amide bonds. The van der Waals surface area contributed by atoms with Crippen LogP contribution in [0.25, 0.3) is 0 Å². The highest BCUT2D eigenvalue weighted by Crippen LogP contribution is 2.07. The van der Waals surface area contributed by atoms with Crippen molar-refractivity contribution in [3.8, 4) is 0 Å². The van der Waals surface area contributed by atoms with E-state index < -0.39 is 0 Å². The molecule has 2 heteroatoms. The maximum atomic E-state index is 11.5. The van der Waals surface area contributed by atoms with Crippen molar-refractivity contribution < 1.29 is 4.79 Å². The zero-order valence-electron chi connectivity index (χ0n) is 9.73. The van der Waals surface area contributed by atoms with Gasteiger partial charge >= 0.3 is 0 Å². The van der Waals surface area contributed by atoms with Crippen LogP contribution in [0, 0.1) is 0 Å². The fraction of sp³-hybridized carbons (Fsp3) is 0.462. The maximum Gasteiger partial charge on any atom is 0.149 e. The molecule has 15 heavy (non-hydrogen) atoms. The first-order valence-electron chi connectivity index (χ1n) is 5.42. The third-order valence-corrected chi connectivity index (χ3v) is 2.75. The molecule has 0 saturated carbocycles. The molecule has 2 nitrogen and oxygen atoms in total. The van der Waals surface area contributed by atoms with Crippen LogP contribution in [-0.4, -0.2) is 23.8 Å². The van der Waals surface area contributed by atoms with Gasteiger partial charge in [0.05, 0.1) is 6.04 Å². The number of likely N-dealkylation sites (N-methyl/N-ethyl adjacent to an activating group) is 1. The minimum absolute atomic E-state index is 0.00945. The van der Waals surface area contributed by atoms with Gasteiger partial charge in [-0.2, -0.15) is 0 Å². The van der Waals surface area contributed by atoms with Gasteiger partial charge in [-0.05, 0) is 19.5 Å². The summed E-state index contributed by atoms with van der Waals surface area (Å²) >= 11 is 0. The first-order chi connectivity index (χ1) is 7.15. The average Bonchev–Trinajstić information content (AvgIpc) is 2.28. The largest absolute Gasteiger partial charge is 0.298 e. The third-order valence-electron chi connectivity index (χ3n) is 2.75. The third kappa shape index (κ3) is 3.48. The van der Waals surface area contributed by atoms with Gasteiger partial charge in [0.1, 0.15) is 5.78 Å². The predicted molar refractivity (Wildman–Crippen MR) is 62.7 cm³/mol. The van der Waals surface area contributed by atoms with Crippen molar-refractivity contribution >= 4 is 5.78 Å². The van der Waals surface area contributed by atoms with E-state index in [2.05, 4.69) is 17.0 Å². The summed E-state index contributed by atoms with van der Waals surface area (Å²) in [5, 5.41) is 0. The number of ketones is 1. The van der Waals surface area contributed by atoms with Crippen LogP contribution in [0.4, 0.5) is 0 Å². The Balaban J connectivity index is 2.56. The minimum Gasteiger partial charge on any atom is -0.298 e. The van der Waals surface area contributed by atoms with Crippen LogP contribution in [0.3, 0.4) is 0 Å². The first kappa shape index (κ1) is 11.9. The van der Waals surface area contributed by atoms with Gasteiger partial charge in [-0.15, -0.1) is 0 Å². The number of rotatable bonds is 5. The second kappa shape index (κ2) is 5.66. The molecule has 1 aromatic rings. The van der Waals surface area contributed by atoms with E-state index in [0.717, 1.165) is 6.54 Å². The van der Waals surface area contributed by atoms with Crippen LogP contribution in [0.2, 0.25) is 0 Å². The maximum absolute atomic E-state index is 11.5. The lowest BCUT2D eigenvalue weighted by Gasteiger charge is -2.23. The van der Waals surface area contributed by atoms with Gasteiger partial charge in [-0.1, -0.05) is 37.3 Å². The van der Waals surface area contributed by atoms with Crippen molar-refractivity contribution in [3.63, 3.8) is 0 Å². The Morgan fingerprint density at radius 2 is 1.93 bits per heavy atom. The fourth-order valence-corrected chi connectivity index (χ4v) is 1.55. The normalized spacial score (nSPS) is 12.8. The molecule has 0 unspecified atom stereocenters. The molecule has 0 N–H and O–H groups in total.